The lowest BCUT2D eigenvalue weighted by atomic mass is 10.2. The van der Waals surface area contributed by atoms with E-state index in [1.54, 1.807) is 16.4 Å². The van der Waals surface area contributed by atoms with Crippen LogP contribution in [-0.2, 0) is 15.8 Å². The highest BCUT2D eigenvalue weighted by atomic mass is 35.5. The Hall–Kier alpha value is -2.46. The Kier molecular flexibility index (Phi) is 8.43. The number of benzene rings is 2. The van der Waals surface area contributed by atoms with Crippen LogP contribution in [0.15, 0.2) is 64.8 Å². The molecule has 0 unspecified atom stereocenters. The lowest BCUT2D eigenvalue weighted by Crippen LogP contribution is -2.31. The van der Waals surface area contributed by atoms with Crippen molar-refractivity contribution in [3.8, 4) is 0 Å². The zero-order valence-electron chi connectivity index (χ0n) is 19.4. The van der Waals surface area contributed by atoms with E-state index in [9.17, 15) is 13.2 Å². The largest absolute Gasteiger partial charge is 0.321 e. The molecular formula is C25H27ClN4O3S2. The molecule has 1 fully saturated rings. The molecule has 2 aromatic carbocycles. The molecule has 4 rings (SSSR count). The lowest BCUT2D eigenvalue weighted by Gasteiger charge is -2.20. The van der Waals surface area contributed by atoms with E-state index in [-0.39, 0.29) is 15.6 Å². The average Bonchev–Trinajstić information content (AvgIpc) is 3.14. The molecule has 35 heavy (non-hydrogen) atoms. The van der Waals surface area contributed by atoms with E-state index in [0.717, 1.165) is 31.2 Å². The van der Waals surface area contributed by atoms with E-state index in [4.69, 9.17) is 11.6 Å². The van der Waals surface area contributed by atoms with Gasteiger partial charge in [-0.15, -0.1) is 0 Å². The molecular weight excluding hydrogens is 504 g/mol. The minimum absolute atomic E-state index is 0.0645. The van der Waals surface area contributed by atoms with Crippen LogP contribution in [0.4, 0.5) is 5.69 Å². The van der Waals surface area contributed by atoms with Crippen LogP contribution in [-0.4, -0.2) is 41.7 Å². The fourth-order valence-corrected chi connectivity index (χ4v) is 6.31. The van der Waals surface area contributed by atoms with Gasteiger partial charge in [0.1, 0.15) is 0 Å². The molecule has 1 amide bonds. The topological polar surface area (TPSA) is 92.3 Å². The van der Waals surface area contributed by atoms with Crippen molar-refractivity contribution in [3.63, 3.8) is 0 Å². The fourth-order valence-electron chi connectivity index (χ4n) is 3.86. The molecule has 1 N–H and O–H groups in total. The van der Waals surface area contributed by atoms with Gasteiger partial charge in [0.2, 0.25) is 10.0 Å². The van der Waals surface area contributed by atoms with Crippen molar-refractivity contribution in [1.82, 2.24) is 14.3 Å². The third-order valence-electron chi connectivity index (χ3n) is 5.70. The van der Waals surface area contributed by atoms with E-state index in [0.29, 0.717) is 29.7 Å². The summed E-state index contributed by atoms with van der Waals surface area (Å²) in [6, 6.07) is 14.3. The summed E-state index contributed by atoms with van der Waals surface area (Å²) in [5.41, 5.74) is 2.82. The van der Waals surface area contributed by atoms with Crippen LogP contribution in [0.1, 0.15) is 47.3 Å². The van der Waals surface area contributed by atoms with E-state index >= 15 is 0 Å². The van der Waals surface area contributed by atoms with Crippen LogP contribution >= 0.6 is 23.4 Å². The standard InChI is InChI=1S/C25H27ClN4O3S2/c1-18-7-6-8-19(15-18)17-34-25-27-16-22(26)23(29-25)24(31)28-20-9-11-21(12-10-20)35(32,33)30-13-4-2-3-5-14-30/h6-12,15-16H,2-5,13-14,17H2,1H3,(H,28,31). The minimum Gasteiger partial charge on any atom is -0.321 e. The number of carbonyl (C=O) groups excluding carboxylic acids is 1. The van der Waals surface area contributed by atoms with Crippen molar-refractivity contribution in [2.75, 3.05) is 18.4 Å². The van der Waals surface area contributed by atoms with Crippen molar-refractivity contribution < 1.29 is 13.2 Å². The van der Waals surface area contributed by atoms with Gasteiger partial charge in [0.05, 0.1) is 16.1 Å². The Labute approximate surface area is 215 Å². The number of nitrogens with one attached hydrogen (secondary N) is 1. The van der Waals surface area contributed by atoms with E-state index in [1.165, 1.54) is 35.7 Å². The van der Waals surface area contributed by atoms with Crippen molar-refractivity contribution in [1.29, 1.82) is 0 Å². The number of thioether (sulfide) groups is 1. The SMILES string of the molecule is Cc1cccc(CSc2ncc(Cl)c(C(=O)Nc3ccc(S(=O)(=O)N4CCCCCC4)cc3)n2)c1. The maximum Gasteiger partial charge on any atom is 0.275 e. The van der Waals surface area contributed by atoms with Gasteiger partial charge >= 0.3 is 0 Å². The fraction of sp³-hybridized carbons (Fsp3) is 0.320. The zero-order valence-corrected chi connectivity index (χ0v) is 21.8. The number of aromatic nitrogens is 2. The maximum absolute atomic E-state index is 13.0. The molecule has 1 aliphatic heterocycles. The smallest absolute Gasteiger partial charge is 0.275 e. The average molecular weight is 531 g/mol. The van der Waals surface area contributed by atoms with Gasteiger partial charge in [-0.2, -0.15) is 4.31 Å². The normalized spacial score (nSPS) is 14.9. The summed E-state index contributed by atoms with van der Waals surface area (Å²) in [4.78, 5) is 21.6. The van der Waals surface area contributed by atoms with Crippen LogP contribution in [0.3, 0.4) is 0 Å². The summed E-state index contributed by atoms with van der Waals surface area (Å²) >= 11 is 7.62. The molecule has 184 valence electrons. The van der Waals surface area contributed by atoms with Gasteiger partial charge in [0.15, 0.2) is 10.9 Å². The number of sulfonamides is 1. The van der Waals surface area contributed by atoms with Crippen LogP contribution in [0, 0.1) is 6.92 Å². The summed E-state index contributed by atoms with van der Waals surface area (Å²) in [5.74, 6) is 0.176. The molecule has 1 saturated heterocycles. The second-order valence-electron chi connectivity index (χ2n) is 8.42. The number of halogens is 1. The van der Waals surface area contributed by atoms with Crippen LogP contribution in [0.25, 0.3) is 0 Å². The predicted octanol–water partition coefficient (Wildman–Crippen LogP) is 5.55. The molecule has 10 heteroatoms. The Morgan fingerprint density at radius 3 is 2.49 bits per heavy atom. The van der Waals surface area contributed by atoms with Crippen molar-refractivity contribution in [2.45, 2.75) is 48.4 Å². The van der Waals surface area contributed by atoms with Gasteiger partial charge in [-0.05, 0) is 49.6 Å². The highest BCUT2D eigenvalue weighted by molar-refractivity contribution is 7.98. The maximum atomic E-state index is 13.0. The highest BCUT2D eigenvalue weighted by Gasteiger charge is 2.25. The first-order chi connectivity index (χ1) is 16.8. The molecule has 0 radical (unpaired) electrons. The van der Waals surface area contributed by atoms with Crippen LogP contribution in [0.5, 0.6) is 0 Å². The lowest BCUT2D eigenvalue weighted by molar-refractivity contribution is 0.102. The van der Waals surface area contributed by atoms with E-state index < -0.39 is 15.9 Å². The molecule has 2 heterocycles. The third kappa shape index (κ3) is 6.61. The number of rotatable bonds is 7. The number of hydrogen-bond acceptors (Lipinski definition) is 6. The monoisotopic (exact) mass is 530 g/mol. The number of aryl methyl sites for hydroxylation is 1. The number of carbonyl (C=O) groups is 1. The van der Waals surface area contributed by atoms with E-state index in [2.05, 4.69) is 21.4 Å². The molecule has 7 nitrogen and oxygen atoms in total. The molecule has 0 saturated carbocycles. The Balaban J connectivity index is 1.43. The highest BCUT2D eigenvalue weighted by Crippen LogP contribution is 2.25. The Bertz CT molecular complexity index is 1290. The zero-order chi connectivity index (χ0) is 24.8. The Morgan fingerprint density at radius 2 is 1.80 bits per heavy atom. The van der Waals surface area contributed by atoms with Gasteiger partial charge < -0.3 is 5.32 Å². The second-order valence-corrected chi connectivity index (χ2v) is 11.7. The molecule has 0 aliphatic carbocycles. The summed E-state index contributed by atoms with van der Waals surface area (Å²) in [5, 5.41) is 3.33. The number of anilines is 1. The molecule has 1 aliphatic rings. The molecule has 1 aromatic heterocycles. The summed E-state index contributed by atoms with van der Waals surface area (Å²) in [6.45, 7) is 3.11. The summed E-state index contributed by atoms with van der Waals surface area (Å²) in [7, 11) is -3.55. The van der Waals surface area contributed by atoms with Crippen molar-refractivity contribution in [2.24, 2.45) is 0 Å². The number of hydrogen-bond donors (Lipinski definition) is 1. The van der Waals surface area contributed by atoms with Crippen LogP contribution in [0.2, 0.25) is 5.02 Å². The van der Waals surface area contributed by atoms with Gasteiger partial charge in [-0.1, -0.05) is 66.0 Å². The van der Waals surface area contributed by atoms with Crippen LogP contribution < -0.4 is 5.32 Å². The molecule has 0 bridgehead atoms. The van der Waals surface area contributed by atoms with Gasteiger partial charge in [0.25, 0.3) is 5.91 Å². The Morgan fingerprint density at radius 1 is 1.09 bits per heavy atom. The van der Waals surface area contributed by atoms with Gasteiger partial charge in [-0.3, -0.25) is 4.79 Å². The summed E-state index contributed by atoms with van der Waals surface area (Å²) in [6.07, 6.45) is 5.26. The van der Waals surface area contributed by atoms with Gasteiger partial charge in [0, 0.05) is 24.5 Å². The predicted molar refractivity (Wildman–Crippen MR) is 139 cm³/mol. The molecule has 0 spiro atoms. The molecule has 0 atom stereocenters. The number of amides is 1. The first-order valence-electron chi connectivity index (χ1n) is 11.5. The van der Waals surface area contributed by atoms with Crippen molar-refractivity contribution in [3.05, 3.63) is 76.6 Å². The minimum atomic E-state index is -3.55. The first-order valence-corrected chi connectivity index (χ1v) is 14.3. The number of nitrogens with zero attached hydrogens (tertiary/aromatic N) is 3. The van der Waals surface area contributed by atoms with E-state index in [1.807, 2.05) is 25.1 Å². The quantitative estimate of drug-likeness (QED) is 0.318. The second kappa shape index (κ2) is 11.5. The first kappa shape index (κ1) is 25.6. The van der Waals surface area contributed by atoms with Crippen molar-refractivity contribution >= 4 is 45.0 Å². The molecule has 3 aromatic rings. The summed E-state index contributed by atoms with van der Waals surface area (Å²) < 4.78 is 27.5. The third-order valence-corrected chi connectivity index (χ3v) is 8.82. The van der Waals surface area contributed by atoms with Gasteiger partial charge in [-0.25, -0.2) is 18.4 Å².